The summed E-state index contributed by atoms with van der Waals surface area (Å²) in [6.07, 6.45) is 0. The Hall–Kier alpha value is -1.71. The summed E-state index contributed by atoms with van der Waals surface area (Å²) >= 11 is 4.75. The highest BCUT2D eigenvalue weighted by Gasteiger charge is 2.08. The van der Waals surface area contributed by atoms with E-state index in [9.17, 15) is 0 Å². The molecule has 22 heavy (non-hydrogen) atoms. The molecule has 0 radical (unpaired) electrons. The fourth-order valence-corrected chi connectivity index (χ4v) is 4.09. The topological polar surface area (TPSA) is 88.8 Å². The van der Waals surface area contributed by atoms with Gasteiger partial charge in [-0.2, -0.15) is 0 Å². The van der Waals surface area contributed by atoms with E-state index < -0.39 is 0 Å². The molecule has 0 aliphatic carbocycles. The summed E-state index contributed by atoms with van der Waals surface area (Å²) in [7, 11) is 0. The average Bonchev–Trinajstić information content (AvgIpc) is 3.16. The van der Waals surface area contributed by atoms with Crippen molar-refractivity contribution in [1.29, 1.82) is 0 Å². The van der Waals surface area contributed by atoms with Gasteiger partial charge >= 0.3 is 0 Å². The minimum atomic E-state index is 0.600. The molecule has 0 amide bonds. The number of anilines is 3. The van der Waals surface area contributed by atoms with Gasteiger partial charge in [-0.1, -0.05) is 11.3 Å². The molecule has 0 aliphatic rings. The lowest BCUT2D eigenvalue weighted by molar-refractivity contribution is 0.982. The van der Waals surface area contributed by atoms with Gasteiger partial charge in [0.25, 0.3) is 0 Å². The second-order valence-corrected chi connectivity index (χ2v) is 7.85. The van der Waals surface area contributed by atoms with E-state index in [4.69, 9.17) is 5.73 Å². The van der Waals surface area contributed by atoms with Crippen molar-refractivity contribution in [2.45, 2.75) is 26.9 Å². The maximum absolute atomic E-state index is 5.70. The Labute approximate surface area is 140 Å². The van der Waals surface area contributed by atoms with Gasteiger partial charge in [0.1, 0.15) is 5.01 Å². The molecule has 0 spiro atoms. The number of hydrogen-bond acceptors (Lipinski definition) is 9. The number of nitrogen functional groups attached to an aromatic ring is 1. The van der Waals surface area contributed by atoms with Crippen molar-refractivity contribution in [3.05, 3.63) is 32.6 Å². The summed E-state index contributed by atoms with van der Waals surface area (Å²) in [4.78, 5) is 5.33. The van der Waals surface area contributed by atoms with Crippen LogP contribution in [0.15, 0.2) is 11.4 Å². The molecule has 0 fully saturated rings. The van der Waals surface area contributed by atoms with Crippen molar-refractivity contribution in [2.24, 2.45) is 0 Å². The third-order valence-electron chi connectivity index (χ3n) is 2.92. The molecule has 0 bridgehead atoms. The number of thiophene rings is 1. The molecule has 0 aliphatic heterocycles. The number of aryl methyl sites for hydroxylation is 2. The van der Waals surface area contributed by atoms with Crippen LogP contribution >= 0.6 is 34.0 Å². The van der Waals surface area contributed by atoms with Gasteiger partial charge in [-0.25, -0.2) is 4.98 Å². The summed E-state index contributed by atoms with van der Waals surface area (Å²) in [6.45, 7) is 5.41. The number of nitrogens with one attached hydrogen (secondary N) is 2. The smallest absolute Gasteiger partial charge is 0.206 e. The number of hydrogen-bond donors (Lipinski definition) is 3. The van der Waals surface area contributed by atoms with Crippen LogP contribution in [0.1, 0.15) is 21.1 Å². The van der Waals surface area contributed by atoms with E-state index in [1.807, 2.05) is 6.92 Å². The Morgan fingerprint density at radius 1 is 1.14 bits per heavy atom. The van der Waals surface area contributed by atoms with Crippen molar-refractivity contribution in [3.63, 3.8) is 0 Å². The highest BCUT2D eigenvalue weighted by molar-refractivity contribution is 7.16. The van der Waals surface area contributed by atoms with Gasteiger partial charge in [-0.05, 0) is 30.9 Å². The van der Waals surface area contributed by atoms with E-state index in [1.165, 1.54) is 16.9 Å². The van der Waals surface area contributed by atoms with E-state index in [2.05, 4.69) is 44.2 Å². The summed E-state index contributed by atoms with van der Waals surface area (Å²) in [5, 5.41) is 20.6. The molecule has 3 heterocycles. The molecule has 0 saturated carbocycles. The zero-order valence-electron chi connectivity index (χ0n) is 12.2. The Bertz CT molecular complexity index is 760. The van der Waals surface area contributed by atoms with Crippen LogP contribution in [0.4, 0.5) is 15.3 Å². The number of nitrogens with zero attached hydrogens (tertiary/aromatic N) is 3. The van der Waals surface area contributed by atoms with Crippen LogP contribution in [0.5, 0.6) is 0 Å². The lowest BCUT2D eigenvalue weighted by Gasteiger charge is -1.99. The quantitative estimate of drug-likeness (QED) is 0.629. The average molecular weight is 353 g/mol. The largest absolute Gasteiger partial charge is 0.375 e. The van der Waals surface area contributed by atoms with Crippen molar-refractivity contribution in [1.82, 2.24) is 15.2 Å². The first-order chi connectivity index (χ1) is 10.6. The number of aromatic nitrogens is 3. The van der Waals surface area contributed by atoms with E-state index in [-0.39, 0.29) is 0 Å². The van der Waals surface area contributed by atoms with Crippen LogP contribution < -0.4 is 16.4 Å². The summed E-state index contributed by atoms with van der Waals surface area (Å²) < 4.78 is 0. The van der Waals surface area contributed by atoms with Crippen LogP contribution in [0, 0.1) is 13.8 Å². The fourth-order valence-electron chi connectivity index (χ4n) is 1.85. The molecule has 3 aromatic rings. The Kier molecular flexibility index (Phi) is 4.55. The standard InChI is InChI=1S/C13H16N6S3/c1-7-3-10(20-6-7)15-5-11-18-19-13(22-11)16-4-9-8(2)17-12(14)21-9/h3,6,15H,4-5H2,1-2H3,(H2,14,17)(H,16,19). The second kappa shape index (κ2) is 6.59. The van der Waals surface area contributed by atoms with Crippen LogP contribution in [-0.4, -0.2) is 15.2 Å². The molecule has 0 saturated heterocycles. The Morgan fingerprint density at radius 3 is 2.68 bits per heavy atom. The van der Waals surface area contributed by atoms with Gasteiger partial charge < -0.3 is 16.4 Å². The van der Waals surface area contributed by atoms with Gasteiger partial charge in [0.15, 0.2) is 5.13 Å². The van der Waals surface area contributed by atoms with Crippen molar-refractivity contribution < 1.29 is 0 Å². The van der Waals surface area contributed by atoms with E-state index in [1.54, 1.807) is 22.7 Å². The van der Waals surface area contributed by atoms with Crippen LogP contribution in [-0.2, 0) is 13.1 Å². The number of nitrogens with two attached hydrogens (primary N) is 1. The van der Waals surface area contributed by atoms with Gasteiger partial charge in [0, 0.05) is 4.88 Å². The summed E-state index contributed by atoms with van der Waals surface area (Å²) in [5.41, 5.74) is 7.93. The highest BCUT2D eigenvalue weighted by Crippen LogP contribution is 2.24. The zero-order valence-corrected chi connectivity index (χ0v) is 14.7. The molecule has 116 valence electrons. The number of thiazole rings is 1. The molecule has 6 nitrogen and oxygen atoms in total. The summed E-state index contributed by atoms with van der Waals surface area (Å²) in [6, 6.07) is 2.13. The molecule has 3 aromatic heterocycles. The van der Waals surface area contributed by atoms with Gasteiger partial charge in [-0.3, -0.25) is 0 Å². The second-order valence-electron chi connectivity index (χ2n) is 4.76. The van der Waals surface area contributed by atoms with Gasteiger partial charge in [-0.15, -0.1) is 32.9 Å². The fraction of sp³-hybridized carbons (Fsp3) is 0.308. The third-order valence-corrected chi connectivity index (χ3v) is 5.79. The van der Waals surface area contributed by atoms with Gasteiger partial charge in [0.05, 0.1) is 23.8 Å². The zero-order chi connectivity index (χ0) is 15.5. The van der Waals surface area contributed by atoms with Crippen molar-refractivity contribution in [2.75, 3.05) is 16.4 Å². The van der Waals surface area contributed by atoms with Crippen LogP contribution in [0.3, 0.4) is 0 Å². The Morgan fingerprint density at radius 2 is 2.00 bits per heavy atom. The van der Waals surface area contributed by atoms with Crippen LogP contribution in [0.25, 0.3) is 0 Å². The first kappa shape index (κ1) is 15.2. The SMILES string of the molecule is Cc1csc(NCc2nnc(NCc3sc(N)nc3C)s2)c1. The highest BCUT2D eigenvalue weighted by atomic mass is 32.1. The molecule has 0 aromatic carbocycles. The van der Waals surface area contributed by atoms with Crippen LogP contribution in [0.2, 0.25) is 0 Å². The minimum absolute atomic E-state index is 0.600. The van der Waals surface area contributed by atoms with E-state index in [0.29, 0.717) is 18.2 Å². The third kappa shape index (κ3) is 3.73. The lowest BCUT2D eigenvalue weighted by Crippen LogP contribution is -1.98. The first-order valence-corrected chi connectivity index (χ1v) is 9.18. The molecule has 0 atom stereocenters. The normalized spacial score (nSPS) is 10.8. The van der Waals surface area contributed by atoms with Crippen molar-refractivity contribution >= 4 is 49.3 Å². The molecule has 3 rings (SSSR count). The molecular formula is C13H16N6S3. The minimum Gasteiger partial charge on any atom is -0.375 e. The first-order valence-electron chi connectivity index (χ1n) is 6.67. The lowest BCUT2D eigenvalue weighted by atomic mass is 10.4. The molecule has 9 heteroatoms. The van der Waals surface area contributed by atoms with E-state index in [0.717, 1.165) is 25.7 Å². The number of rotatable bonds is 6. The maximum Gasteiger partial charge on any atom is 0.206 e. The molecular weight excluding hydrogens is 336 g/mol. The molecule has 0 unspecified atom stereocenters. The van der Waals surface area contributed by atoms with E-state index >= 15 is 0 Å². The predicted molar refractivity (Wildman–Crippen MR) is 94.9 cm³/mol. The predicted octanol–water partition coefficient (Wildman–Crippen LogP) is 3.48. The molecule has 4 N–H and O–H groups in total. The monoisotopic (exact) mass is 352 g/mol. The maximum atomic E-state index is 5.70. The van der Waals surface area contributed by atoms with Gasteiger partial charge in [0.2, 0.25) is 5.13 Å². The van der Waals surface area contributed by atoms with Crippen molar-refractivity contribution in [3.8, 4) is 0 Å². The Balaban J connectivity index is 1.53. The summed E-state index contributed by atoms with van der Waals surface area (Å²) in [5.74, 6) is 0.